The van der Waals surface area contributed by atoms with Crippen LogP contribution in [0.4, 0.5) is 0 Å². The molecule has 0 aromatic heterocycles. The van der Waals surface area contributed by atoms with Crippen LogP contribution in [0.2, 0.25) is 0 Å². The first-order valence-electron chi connectivity index (χ1n) is 10.5. The number of rotatable bonds is 0. The largest absolute Gasteiger partial charge is 0.0616 e. The van der Waals surface area contributed by atoms with Gasteiger partial charge in [-0.1, -0.05) is 72.8 Å². The fourth-order valence-electron chi connectivity index (χ4n) is 5.78. The van der Waals surface area contributed by atoms with Crippen molar-refractivity contribution in [2.75, 3.05) is 0 Å². The van der Waals surface area contributed by atoms with E-state index in [2.05, 4.69) is 97.1 Å². The minimum Gasteiger partial charge on any atom is -0.0616 e. The smallest absolute Gasteiger partial charge is 0.00139 e. The highest BCUT2D eigenvalue weighted by atomic mass is 14.2. The second-order valence-corrected chi connectivity index (χ2v) is 8.56. The molecule has 8 rings (SSSR count). The van der Waals surface area contributed by atoms with Crippen molar-refractivity contribution in [1.29, 1.82) is 0 Å². The zero-order valence-corrected chi connectivity index (χ0v) is 16.2. The lowest BCUT2D eigenvalue weighted by Crippen LogP contribution is -1.79. The second-order valence-electron chi connectivity index (χ2n) is 8.56. The van der Waals surface area contributed by atoms with Crippen LogP contribution in [0, 0.1) is 41.7 Å². The SMILES string of the molecule is c1ccc2c(c1)=c1ccc3c4c(ccc=2c14)=c1cc2cc4ccccc4cc2cc1=3. The molecule has 30 heavy (non-hydrogen) atoms. The van der Waals surface area contributed by atoms with E-state index in [4.69, 9.17) is 0 Å². The van der Waals surface area contributed by atoms with Crippen molar-refractivity contribution in [1.82, 2.24) is 0 Å². The third-order valence-corrected chi connectivity index (χ3v) is 7.09. The van der Waals surface area contributed by atoms with Gasteiger partial charge in [0, 0.05) is 0 Å². The maximum absolute atomic E-state index is 2.40. The van der Waals surface area contributed by atoms with Crippen LogP contribution in [0.5, 0.6) is 0 Å². The fraction of sp³-hybridized carbons (Fsp3) is 0. The van der Waals surface area contributed by atoms with Crippen molar-refractivity contribution in [3.63, 3.8) is 0 Å². The molecule has 0 radical (unpaired) electrons. The Kier molecular flexibility index (Phi) is 2.49. The number of benzene rings is 6. The Labute approximate surface area is 171 Å². The molecule has 0 atom stereocenters. The molecule has 2 aliphatic carbocycles. The van der Waals surface area contributed by atoms with E-state index in [1.165, 1.54) is 74.1 Å². The van der Waals surface area contributed by atoms with E-state index < -0.39 is 0 Å². The molecule has 0 heteroatoms. The van der Waals surface area contributed by atoms with E-state index >= 15 is 0 Å². The van der Waals surface area contributed by atoms with Crippen molar-refractivity contribution in [3.05, 3.63) is 139 Å². The summed E-state index contributed by atoms with van der Waals surface area (Å²) in [5.41, 5.74) is 0. The Morgan fingerprint density at radius 3 is 1.13 bits per heavy atom. The van der Waals surface area contributed by atoms with Gasteiger partial charge in [0.15, 0.2) is 0 Å². The first-order chi connectivity index (χ1) is 14.9. The second kappa shape index (κ2) is 4.98. The van der Waals surface area contributed by atoms with Gasteiger partial charge in [-0.3, -0.25) is 0 Å². The van der Waals surface area contributed by atoms with Gasteiger partial charge >= 0.3 is 0 Å². The predicted octanol–water partition coefficient (Wildman–Crippen LogP) is 6.92. The van der Waals surface area contributed by atoms with Crippen molar-refractivity contribution in [2.45, 2.75) is 0 Å². The van der Waals surface area contributed by atoms with Crippen LogP contribution in [0.15, 0.2) is 97.1 Å². The average Bonchev–Trinajstić information content (AvgIpc) is 3.28. The van der Waals surface area contributed by atoms with E-state index in [9.17, 15) is 0 Å². The van der Waals surface area contributed by atoms with Crippen molar-refractivity contribution < 1.29 is 0 Å². The number of hydrogen-bond acceptors (Lipinski definition) is 0. The molecule has 0 spiro atoms. The van der Waals surface area contributed by atoms with E-state index in [1.54, 1.807) is 0 Å². The molecule has 136 valence electrons. The normalized spacial score (nSPS) is 12.7. The van der Waals surface area contributed by atoms with Crippen LogP contribution in [-0.4, -0.2) is 0 Å². The quantitative estimate of drug-likeness (QED) is 0.252. The maximum atomic E-state index is 2.40. The lowest BCUT2D eigenvalue weighted by molar-refractivity contribution is 1.48. The van der Waals surface area contributed by atoms with E-state index in [1.807, 2.05) is 0 Å². The van der Waals surface area contributed by atoms with Gasteiger partial charge in [0.1, 0.15) is 0 Å². The van der Waals surface area contributed by atoms with Gasteiger partial charge in [0.25, 0.3) is 0 Å². The highest BCUT2D eigenvalue weighted by Crippen LogP contribution is 2.31. The molecule has 0 heterocycles. The molecule has 0 saturated heterocycles. The summed E-state index contributed by atoms with van der Waals surface area (Å²) >= 11 is 0. The van der Waals surface area contributed by atoms with Crippen molar-refractivity contribution >= 4 is 32.3 Å². The summed E-state index contributed by atoms with van der Waals surface area (Å²) in [6, 6.07) is 36.3. The molecule has 2 aliphatic rings. The maximum Gasteiger partial charge on any atom is -0.00139 e. The molecule has 0 amide bonds. The third-order valence-electron chi connectivity index (χ3n) is 7.09. The minimum atomic E-state index is 1.30. The van der Waals surface area contributed by atoms with Gasteiger partial charge in [-0.05, 0) is 98.3 Å². The molecule has 0 fully saturated rings. The van der Waals surface area contributed by atoms with Crippen LogP contribution in [0.25, 0.3) is 32.3 Å². The standard InChI is InChI=1S/C30H16/c1-2-6-18-14-20-16-28-26-12-10-24-22-8-4-3-7-21(22)23-9-11-25(30(26)29(23)24)27(28)15-19(20)13-17(18)5-1/h1-16H. The molecule has 6 aromatic rings. The van der Waals surface area contributed by atoms with E-state index in [0.29, 0.717) is 0 Å². The fourth-order valence-corrected chi connectivity index (χ4v) is 5.78. The number of hydrogen-bond donors (Lipinski definition) is 0. The van der Waals surface area contributed by atoms with Crippen LogP contribution < -0.4 is 0 Å². The van der Waals surface area contributed by atoms with Crippen LogP contribution in [0.1, 0.15) is 0 Å². The average molecular weight is 376 g/mol. The molecular formula is C30H16. The van der Waals surface area contributed by atoms with Crippen LogP contribution in [0.3, 0.4) is 0 Å². The molecule has 6 aromatic carbocycles. The summed E-state index contributed by atoms with van der Waals surface area (Å²) in [4.78, 5) is 0. The highest BCUT2D eigenvalue weighted by Gasteiger charge is 2.13. The van der Waals surface area contributed by atoms with Gasteiger partial charge in [-0.25, -0.2) is 0 Å². The first-order valence-corrected chi connectivity index (χ1v) is 10.5. The van der Waals surface area contributed by atoms with Gasteiger partial charge in [0.05, 0.1) is 0 Å². The summed E-state index contributed by atoms with van der Waals surface area (Å²) < 4.78 is 0. The summed E-state index contributed by atoms with van der Waals surface area (Å²) in [5, 5.41) is 19.1. The summed E-state index contributed by atoms with van der Waals surface area (Å²) in [5.74, 6) is 0. The zero-order chi connectivity index (χ0) is 19.4. The monoisotopic (exact) mass is 376 g/mol. The molecule has 0 bridgehead atoms. The van der Waals surface area contributed by atoms with Crippen molar-refractivity contribution in [3.8, 4) is 0 Å². The Hall–Kier alpha value is -3.90. The van der Waals surface area contributed by atoms with Gasteiger partial charge in [-0.15, -0.1) is 0 Å². The van der Waals surface area contributed by atoms with E-state index in [0.717, 1.165) is 0 Å². The minimum absolute atomic E-state index is 1.30. The number of fused-ring (bicyclic) bond motifs is 4. The Balaban J connectivity index is 1.71. The Morgan fingerprint density at radius 1 is 0.267 bits per heavy atom. The lowest BCUT2D eigenvalue weighted by Gasteiger charge is -2.02. The first kappa shape index (κ1) is 15.0. The Morgan fingerprint density at radius 2 is 0.667 bits per heavy atom. The molecule has 0 N–H and O–H groups in total. The topological polar surface area (TPSA) is 0 Å². The summed E-state index contributed by atoms with van der Waals surface area (Å²) in [6.45, 7) is 0. The van der Waals surface area contributed by atoms with Gasteiger partial charge in [-0.2, -0.15) is 0 Å². The van der Waals surface area contributed by atoms with Gasteiger partial charge < -0.3 is 0 Å². The van der Waals surface area contributed by atoms with Gasteiger partial charge in [0.2, 0.25) is 0 Å². The lowest BCUT2D eigenvalue weighted by atomic mass is 10.0. The van der Waals surface area contributed by atoms with Crippen LogP contribution >= 0.6 is 0 Å². The highest BCUT2D eigenvalue weighted by molar-refractivity contribution is 5.99. The zero-order valence-electron chi connectivity index (χ0n) is 16.2. The van der Waals surface area contributed by atoms with E-state index in [-0.39, 0.29) is 0 Å². The molecular weight excluding hydrogens is 360 g/mol. The third kappa shape index (κ3) is 1.66. The molecule has 0 nitrogen and oxygen atoms in total. The van der Waals surface area contributed by atoms with Crippen molar-refractivity contribution in [2.24, 2.45) is 0 Å². The van der Waals surface area contributed by atoms with Crippen LogP contribution in [-0.2, 0) is 0 Å². The molecule has 0 saturated carbocycles. The Bertz CT molecular complexity index is 2000. The molecule has 0 aliphatic heterocycles. The summed E-state index contributed by atoms with van der Waals surface area (Å²) in [7, 11) is 0. The predicted molar refractivity (Wildman–Crippen MR) is 123 cm³/mol. The molecule has 0 unspecified atom stereocenters. The summed E-state index contributed by atoms with van der Waals surface area (Å²) in [6.07, 6.45) is 0.